The van der Waals surface area contributed by atoms with Crippen molar-refractivity contribution >= 4 is 17.3 Å². The number of hydrogen-bond acceptors (Lipinski definition) is 2. The summed E-state index contributed by atoms with van der Waals surface area (Å²) < 4.78 is 0. The molecule has 2 aromatic rings. The van der Waals surface area contributed by atoms with Gasteiger partial charge in [-0.2, -0.15) is 0 Å². The highest BCUT2D eigenvalue weighted by molar-refractivity contribution is 6.30. The zero-order valence-corrected chi connectivity index (χ0v) is 13.5. The largest absolute Gasteiger partial charge is 0.375 e. The third kappa shape index (κ3) is 5.07. The predicted octanol–water partition coefficient (Wildman–Crippen LogP) is 4.52. The van der Waals surface area contributed by atoms with Gasteiger partial charge in [0.2, 0.25) is 0 Å². The summed E-state index contributed by atoms with van der Waals surface area (Å²) >= 11 is 6.03. The Hall–Kier alpha value is -1.51. The van der Waals surface area contributed by atoms with Crippen molar-refractivity contribution in [3.05, 3.63) is 65.2 Å². The van der Waals surface area contributed by atoms with E-state index in [1.54, 1.807) is 0 Å². The van der Waals surface area contributed by atoms with E-state index < -0.39 is 0 Å². The summed E-state index contributed by atoms with van der Waals surface area (Å²) in [5.41, 5.74) is 2.50. The van der Waals surface area contributed by atoms with Crippen molar-refractivity contribution < 1.29 is 0 Å². The lowest BCUT2D eigenvalue weighted by Crippen LogP contribution is -2.25. The molecule has 1 N–H and O–H groups in total. The van der Waals surface area contributed by atoms with E-state index in [2.05, 4.69) is 54.5 Å². The molecule has 0 heterocycles. The van der Waals surface area contributed by atoms with E-state index in [0.717, 1.165) is 24.5 Å². The zero-order chi connectivity index (χ0) is 15.1. The first-order chi connectivity index (χ1) is 10.2. The van der Waals surface area contributed by atoms with Crippen LogP contribution in [-0.2, 0) is 0 Å². The summed E-state index contributed by atoms with van der Waals surface area (Å²) in [6.07, 6.45) is 1.11. The highest BCUT2D eigenvalue weighted by atomic mass is 35.5. The molecule has 0 fully saturated rings. The number of nitrogens with zero attached hydrogens (tertiary/aromatic N) is 1. The van der Waals surface area contributed by atoms with Crippen LogP contribution in [0.3, 0.4) is 0 Å². The fraction of sp³-hybridized carbons (Fsp3) is 0.333. The number of hydrogen-bond donors (Lipinski definition) is 1. The van der Waals surface area contributed by atoms with Crippen LogP contribution in [-0.4, -0.2) is 20.1 Å². The summed E-state index contributed by atoms with van der Waals surface area (Å²) in [5, 5.41) is 4.34. The van der Waals surface area contributed by atoms with Crippen LogP contribution in [0.15, 0.2) is 54.6 Å². The van der Waals surface area contributed by atoms with Gasteiger partial charge in [0.05, 0.1) is 0 Å². The van der Waals surface area contributed by atoms with E-state index in [9.17, 15) is 0 Å². The van der Waals surface area contributed by atoms with E-state index in [4.69, 9.17) is 11.6 Å². The number of nitrogens with one attached hydrogen (secondary N) is 1. The van der Waals surface area contributed by atoms with Gasteiger partial charge in [-0.3, -0.25) is 0 Å². The summed E-state index contributed by atoms with van der Waals surface area (Å²) in [4.78, 5) is 2.28. The third-order valence-corrected chi connectivity index (χ3v) is 3.90. The molecule has 0 saturated heterocycles. The van der Waals surface area contributed by atoms with Gasteiger partial charge in [-0.05, 0) is 49.7 Å². The topological polar surface area (TPSA) is 15.3 Å². The Morgan fingerprint density at radius 2 is 1.86 bits per heavy atom. The van der Waals surface area contributed by atoms with Gasteiger partial charge in [0.1, 0.15) is 0 Å². The van der Waals surface area contributed by atoms with Gasteiger partial charge in [-0.1, -0.05) is 41.9 Å². The Labute approximate surface area is 132 Å². The molecule has 2 nitrogen and oxygen atoms in total. The average Bonchev–Trinajstić information content (AvgIpc) is 2.52. The molecule has 0 aliphatic carbocycles. The lowest BCUT2D eigenvalue weighted by atomic mass is 10.1. The van der Waals surface area contributed by atoms with Gasteiger partial charge in [-0.25, -0.2) is 0 Å². The lowest BCUT2D eigenvalue weighted by Gasteiger charge is -2.20. The molecule has 112 valence electrons. The first-order valence-corrected chi connectivity index (χ1v) is 7.79. The van der Waals surface area contributed by atoms with Gasteiger partial charge in [0.15, 0.2) is 0 Å². The first kappa shape index (κ1) is 15.9. The second kappa shape index (κ2) is 8.06. The standard InChI is InChI=1S/C18H23ClN2/c1-15(16-8-6-9-17(19)14-16)20-12-7-13-21(2)18-10-4-3-5-11-18/h3-6,8-11,14-15,20H,7,12-13H2,1-2H3. The van der Waals surface area contributed by atoms with Crippen LogP contribution >= 0.6 is 11.6 Å². The van der Waals surface area contributed by atoms with Crippen LogP contribution in [0, 0.1) is 0 Å². The fourth-order valence-corrected chi connectivity index (χ4v) is 2.54. The van der Waals surface area contributed by atoms with Crippen LogP contribution in [0.2, 0.25) is 5.02 Å². The molecule has 0 radical (unpaired) electrons. The molecule has 0 aliphatic heterocycles. The number of benzene rings is 2. The molecular formula is C18H23ClN2. The smallest absolute Gasteiger partial charge is 0.0409 e. The molecular weight excluding hydrogens is 280 g/mol. The quantitative estimate of drug-likeness (QED) is 0.757. The second-order valence-electron chi connectivity index (χ2n) is 5.34. The van der Waals surface area contributed by atoms with E-state index in [-0.39, 0.29) is 0 Å². The predicted molar refractivity (Wildman–Crippen MR) is 92.2 cm³/mol. The Kier molecular flexibility index (Phi) is 6.09. The zero-order valence-electron chi connectivity index (χ0n) is 12.7. The van der Waals surface area contributed by atoms with Gasteiger partial charge in [0.25, 0.3) is 0 Å². The third-order valence-electron chi connectivity index (χ3n) is 3.67. The first-order valence-electron chi connectivity index (χ1n) is 7.42. The molecule has 3 heteroatoms. The van der Waals surface area contributed by atoms with E-state index in [1.807, 2.05) is 24.3 Å². The maximum atomic E-state index is 6.03. The maximum absolute atomic E-state index is 6.03. The molecule has 2 aromatic carbocycles. The van der Waals surface area contributed by atoms with E-state index in [0.29, 0.717) is 6.04 Å². The Morgan fingerprint density at radius 3 is 2.57 bits per heavy atom. The van der Waals surface area contributed by atoms with Crippen LogP contribution in [0.25, 0.3) is 0 Å². The molecule has 0 aliphatic rings. The Bertz CT molecular complexity index is 542. The normalized spacial score (nSPS) is 12.1. The molecule has 0 saturated carbocycles. The van der Waals surface area contributed by atoms with Gasteiger partial charge in [-0.15, -0.1) is 0 Å². The number of rotatable bonds is 7. The maximum Gasteiger partial charge on any atom is 0.0409 e. The molecule has 0 bridgehead atoms. The Morgan fingerprint density at radius 1 is 1.10 bits per heavy atom. The van der Waals surface area contributed by atoms with Crippen LogP contribution in [0.1, 0.15) is 24.9 Å². The van der Waals surface area contributed by atoms with Crippen LogP contribution in [0.5, 0.6) is 0 Å². The van der Waals surface area contributed by atoms with Crippen molar-refractivity contribution in [3.63, 3.8) is 0 Å². The van der Waals surface area contributed by atoms with Crippen molar-refractivity contribution in [2.75, 3.05) is 25.0 Å². The minimum absolute atomic E-state index is 0.325. The van der Waals surface area contributed by atoms with Crippen molar-refractivity contribution in [2.24, 2.45) is 0 Å². The highest BCUT2D eigenvalue weighted by Gasteiger charge is 2.05. The average molecular weight is 303 g/mol. The van der Waals surface area contributed by atoms with Gasteiger partial charge >= 0.3 is 0 Å². The molecule has 0 spiro atoms. The number of anilines is 1. The van der Waals surface area contributed by atoms with E-state index in [1.165, 1.54) is 11.3 Å². The molecule has 21 heavy (non-hydrogen) atoms. The van der Waals surface area contributed by atoms with Crippen molar-refractivity contribution in [3.8, 4) is 0 Å². The van der Waals surface area contributed by atoms with Crippen LogP contribution < -0.4 is 10.2 Å². The lowest BCUT2D eigenvalue weighted by molar-refractivity contribution is 0.558. The van der Waals surface area contributed by atoms with Gasteiger partial charge < -0.3 is 10.2 Å². The molecule has 0 amide bonds. The minimum Gasteiger partial charge on any atom is -0.375 e. The summed E-state index contributed by atoms with van der Waals surface area (Å²) in [5.74, 6) is 0. The molecule has 0 aromatic heterocycles. The number of para-hydroxylation sites is 1. The molecule has 2 rings (SSSR count). The van der Waals surface area contributed by atoms with Gasteiger partial charge in [0, 0.05) is 30.3 Å². The number of halogens is 1. The van der Waals surface area contributed by atoms with E-state index >= 15 is 0 Å². The monoisotopic (exact) mass is 302 g/mol. The minimum atomic E-state index is 0.325. The van der Waals surface area contributed by atoms with Crippen molar-refractivity contribution in [2.45, 2.75) is 19.4 Å². The SMILES string of the molecule is CC(NCCCN(C)c1ccccc1)c1cccc(Cl)c1. The second-order valence-corrected chi connectivity index (χ2v) is 5.78. The molecule has 1 atom stereocenters. The molecule has 1 unspecified atom stereocenters. The van der Waals surface area contributed by atoms with Crippen molar-refractivity contribution in [1.82, 2.24) is 5.32 Å². The summed E-state index contributed by atoms with van der Waals surface area (Å²) in [6.45, 7) is 4.21. The summed E-state index contributed by atoms with van der Waals surface area (Å²) in [7, 11) is 2.13. The highest BCUT2D eigenvalue weighted by Crippen LogP contribution is 2.17. The Balaban J connectivity index is 1.72. The van der Waals surface area contributed by atoms with Crippen LogP contribution in [0.4, 0.5) is 5.69 Å². The fourth-order valence-electron chi connectivity index (χ4n) is 2.34. The summed E-state index contributed by atoms with van der Waals surface area (Å²) in [6, 6.07) is 18.8. The van der Waals surface area contributed by atoms with Crippen molar-refractivity contribution in [1.29, 1.82) is 0 Å².